The zero-order valence-corrected chi connectivity index (χ0v) is 10.1. The summed E-state index contributed by atoms with van der Waals surface area (Å²) in [5, 5.41) is 10.7. The minimum atomic E-state index is 0.609. The van der Waals surface area contributed by atoms with Crippen LogP contribution in [-0.2, 0) is 6.42 Å². The van der Waals surface area contributed by atoms with Crippen LogP contribution < -0.4 is 5.32 Å². The molecule has 1 aliphatic carbocycles. The molecule has 1 fully saturated rings. The van der Waals surface area contributed by atoms with Crippen LogP contribution in [-0.4, -0.2) is 28.3 Å². The van der Waals surface area contributed by atoms with Crippen LogP contribution in [0.15, 0.2) is 0 Å². The van der Waals surface area contributed by atoms with Crippen molar-refractivity contribution in [1.82, 2.24) is 20.5 Å². The summed E-state index contributed by atoms with van der Waals surface area (Å²) in [7, 11) is 0. The maximum absolute atomic E-state index is 4.60. The molecule has 0 aliphatic heterocycles. The second-order valence-corrected chi connectivity index (χ2v) is 4.58. The molecule has 2 rings (SSSR count). The Morgan fingerprint density at radius 1 is 1.31 bits per heavy atom. The molecule has 2 N–H and O–H groups in total. The number of hydrogen-bond donors (Lipinski definition) is 2. The van der Waals surface area contributed by atoms with E-state index in [-0.39, 0.29) is 0 Å². The Balaban J connectivity index is 1.85. The minimum absolute atomic E-state index is 0.609. The molecule has 1 aromatic rings. The van der Waals surface area contributed by atoms with Gasteiger partial charge in [0.1, 0.15) is 5.82 Å². The second-order valence-electron chi connectivity index (χ2n) is 4.58. The van der Waals surface area contributed by atoms with Crippen LogP contribution in [0.25, 0.3) is 0 Å². The van der Waals surface area contributed by atoms with Gasteiger partial charge in [0.25, 0.3) is 0 Å². The van der Waals surface area contributed by atoms with E-state index in [1.54, 1.807) is 0 Å². The zero-order chi connectivity index (χ0) is 11.2. The Kier molecular flexibility index (Phi) is 4.34. The van der Waals surface area contributed by atoms with E-state index in [2.05, 4.69) is 27.4 Å². The molecule has 0 atom stereocenters. The van der Waals surface area contributed by atoms with Crippen LogP contribution in [0.4, 0.5) is 0 Å². The van der Waals surface area contributed by atoms with E-state index < -0.39 is 0 Å². The maximum Gasteiger partial charge on any atom is 0.153 e. The molecule has 0 radical (unpaired) electrons. The lowest BCUT2D eigenvalue weighted by atomic mass is 9.89. The van der Waals surface area contributed by atoms with E-state index in [1.165, 1.54) is 32.1 Å². The second kappa shape index (κ2) is 5.99. The predicted octanol–water partition coefficient (Wildman–Crippen LogP) is 2.00. The van der Waals surface area contributed by atoms with Gasteiger partial charge < -0.3 is 5.32 Å². The van der Waals surface area contributed by atoms with Crippen molar-refractivity contribution in [3.8, 4) is 0 Å². The lowest BCUT2D eigenvalue weighted by Gasteiger charge is -2.17. The van der Waals surface area contributed by atoms with Gasteiger partial charge in [0, 0.05) is 18.9 Å². The van der Waals surface area contributed by atoms with Crippen molar-refractivity contribution >= 4 is 0 Å². The zero-order valence-electron chi connectivity index (χ0n) is 10.1. The third-order valence-corrected chi connectivity index (χ3v) is 3.31. The number of aromatic nitrogens is 3. The summed E-state index contributed by atoms with van der Waals surface area (Å²) in [4.78, 5) is 4.60. The van der Waals surface area contributed by atoms with Gasteiger partial charge in [-0.05, 0) is 19.4 Å². The fraction of sp³-hybridized carbons (Fsp3) is 0.833. The smallest absolute Gasteiger partial charge is 0.153 e. The van der Waals surface area contributed by atoms with Crippen molar-refractivity contribution in [1.29, 1.82) is 0 Å². The maximum atomic E-state index is 4.60. The highest BCUT2D eigenvalue weighted by molar-refractivity contribution is 4.99. The summed E-state index contributed by atoms with van der Waals surface area (Å²) in [5.41, 5.74) is 0. The topological polar surface area (TPSA) is 53.6 Å². The van der Waals surface area contributed by atoms with Crippen LogP contribution in [0.2, 0.25) is 0 Å². The van der Waals surface area contributed by atoms with Crippen molar-refractivity contribution in [3.63, 3.8) is 0 Å². The third kappa shape index (κ3) is 3.04. The molecule has 0 spiro atoms. The van der Waals surface area contributed by atoms with Gasteiger partial charge in [-0.1, -0.05) is 26.2 Å². The summed E-state index contributed by atoms with van der Waals surface area (Å²) >= 11 is 0. The molecule has 0 bridgehead atoms. The fourth-order valence-corrected chi connectivity index (χ4v) is 2.35. The molecule has 1 aromatic heterocycles. The third-order valence-electron chi connectivity index (χ3n) is 3.31. The van der Waals surface area contributed by atoms with E-state index in [0.29, 0.717) is 5.92 Å². The van der Waals surface area contributed by atoms with Crippen LogP contribution in [0, 0.1) is 0 Å². The highest BCUT2D eigenvalue weighted by Gasteiger charge is 2.19. The van der Waals surface area contributed by atoms with E-state index in [1.807, 2.05) is 0 Å². The molecule has 0 amide bonds. The molecule has 4 heteroatoms. The number of aromatic amines is 1. The lowest BCUT2D eigenvalue weighted by Crippen LogP contribution is -2.16. The van der Waals surface area contributed by atoms with Gasteiger partial charge >= 0.3 is 0 Å². The van der Waals surface area contributed by atoms with E-state index in [0.717, 1.165) is 31.2 Å². The van der Waals surface area contributed by atoms with Crippen LogP contribution in [0.5, 0.6) is 0 Å². The number of rotatable bonds is 5. The summed E-state index contributed by atoms with van der Waals surface area (Å²) < 4.78 is 0. The first kappa shape index (κ1) is 11.6. The number of nitrogens with zero attached hydrogens (tertiary/aromatic N) is 2. The summed E-state index contributed by atoms with van der Waals surface area (Å²) in [6, 6.07) is 0. The van der Waals surface area contributed by atoms with Gasteiger partial charge in [-0.15, -0.1) is 0 Å². The monoisotopic (exact) mass is 222 g/mol. The molecule has 0 aromatic carbocycles. The van der Waals surface area contributed by atoms with Crippen LogP contribution in [0.1, 0.15) is 56.6 Å². The van der Waals surface area contributed by atoms with Crippen molar-refractivity contribution in [2.75, 3.05) is 13.1 Å². The molecule has 1 heterocycles. The highest BCUT2D eigenvalue weighted by atomic mass is 15.2. The SMILES string of the molecule is CCNCCc1nc(C2CCCCC2)n[nH]1. The van der Waals surface area contributed by atoms with Gasteiger partial charge in [0.2, 0.25) is 0 Å². The number of nitrogens with one attached hydrogen (secondary N) is 2. The molecule has 0 saturated heterocycles. The first-order chi connectivity index (χ1) is 7.90. The number of hydrogen-bond acceptors (Lipinski definition) is 3. The molecule has 1 aliphatic rings. The predicted molar refractivity (Wildman–Crippen MR) is 64.5 cm³/mol. The van der Waals surface area contributed by atoms with Gasteiger partial charge in [-0.25, -0.2) is 4.98 Å². The standard InChI is InChI=1S/C12H22N4/c1-2-13-9-8-11-14-12(16-15-11)10-6-4-3-5-7-10/h10,13H,2-9H2,1H3,(H,14,15,16). The van der Waals surface area contributed by atoms with E-state index in [9.17, 15) is 0 Å². The lowest BCUT2D eigenvalue weighted by molar-refractivity contribution is 0.429. The fourth-order valence-electron chi connectivity index (χ4n) is 2.35. The van der Waals surface area contributed by atoms with E-state index >= 15 is 0 Å². The molecule has 4 nitrogen and oxygen atoms in total. The molecule has 16 heavy (non-hydrogen) atoms. The molecule has 90 valence electrons. The van der Waals surface area contributed by atoms with Gasteiger partial charge in [-0.3, -0.25) is 5.10 Å². The Bertz CT molecular complexity index is 302. The van der Waals surface area contributed by atoms with Gasteiger partial charge in [0.15, 0.2) is 5.82 Å². The van der Waals surface area contributed by atoms with Gasteiger partial charge in [-0.2, -0.15) is 5.10 Å². The first-order valence-corrected chi connectivity index (χ1v) is 6.52. The van der Waals surface area contributed by atoms with Crippen LogP contribution in [0.3, 0.4) is 0 Å². The molecular formula is C12H22N4. The molecular weight excluding hydrogens is 200 g/mol. The van der Waals surface area contributed by atoms with Gasteiger partial charge in [0.05, 0.1) is 0 Å². The Hall–Kier alpha value is -0.900. The van der Waals surface area contributed by atoms with Crippen molar-refractivity contribution in [2.24, 2.45) is 0 Å². The summed E-state index contributed by atoms with van der Waals surface area (Å²) in [5.74, 6) is 2.69. The van der Waals surface area contributed by atoms with Crippen LogP contribution >= 0.6 is 0 Å². The largest absolute Gasteiger partial charge is 0.317 e. The molecule has 1 saturated carbocycles. The number of H-pyrrole nitrogens is 1. The highest BCUT2D eigenvalue weighted by Crippen LogP contribution is 2.30. The average molecular weight is 222 g/mol. The molecule has 0 unspecified atom stereocenters. The summed E-state index contributed by atoms with van der Waals surface area (Å²) in [6.07, 6.45) is 7.55. The number of likely N-dealkylation sites (N-methyl/N-ethyl adjacent to an activating group) is 1. The Morgan fingerprint density at radius 3 is 2.88 bits per heavy atom. The summed E-state index contributed by atoms with van der Waals surface area (Å²) in [6.45, 7) is 4.12. The normalized spacial score (nSPS) is 17.8. The van der Waals surface area contributed by atoms with Crippen molar-refractivity contribution in [3.05, 3.63) is 11.6 Å². The van der Waals surface area contributed by atoms with Crippen molar-refractivity contribution < 1.29 is 0 Å². The quantitative estimate of drug-likeness (QED) is 0.749. The van der Waals surface area contributed by atoms with E-state index in [4.69, 9.17) is 0 Å². The minimum Gasteiger partial charge on any atom is -0.317 e. The average Bonchev–Trinajstić information content (AvgIpc) is 2.79. The first-order valence-electron chi connectivity index (χ1n) is 6.52. The van der Waals surface area contributed by atoms with Crippen molar-refractivity contribution in [2.45, 2.75) is 51.4 Å². The Labute approximate surface area is 97.2 Å². The Morgan fingerprint density at radius 2 is 2.12 bits per heavy atom.